The third-order valence-corrected chi connectivity index (χ3v) is 12.9. The molecule has 0 aliphatic carbocycles. The van der Waals surface area contributed by atoms with Gasteiger partial charge >= 0.3 is 0 Å². The van der Waals surface area contributed by atoms with Crippen LogP contribution in [0.4, 0.5) is 9.80 Å². The summed E-state index contributed by atoms with van der Waals surface area (Å²) in [6.45, 7) is 5.71. The lowest BCUT2D eigenvalue weighted by atomic mass is 9.82. The van der Waals surface area contributed by atoms with Gasteiger partial charge in [0.1, 0.15) is 5.75 Å². The summed E-state index contributed by atoms with van der Waals surface area (Å²) in [6, 6.07) is 21.1. The van der Waals surface area contributed by atoms with Crippen molar-refractivity contribution >= 4 is 48.5 Å². The first-order chi connectivity index (χ1) is 21.0. The zero-order chi connectivity index (χ0) is 31.4. The summed E-state index contributed by atoms with van der Waals surface area (Å²) in [4.78, 5) is 32.0. The van der Waals surface area contributed by atoms with E-state index < -0.39 is 31.6 Å². The van der Waals surface area contributed by atoms with E-state index in [0.29, 0.717) is 36.5 Å². The number of fused-ring (bicyclic) bond motifs is 3. The number of benzene rings is 3. The zero-order valence-corrected chi connectivity index (χ0v) is 28.6. The molecule has 0 radical (unpaired) electrons. The van der Waals surface area contributed by atoms with Crippen molar-refractivity contribution in [2.75, 3.05) is 18.6 Å². The lowest BCUT2D eigenvalue weighted by Gasteiger charge is -2.37. The Morgan fingerprint density at radius 3 is 2.50 bits per heavy atom. The molecule has 44 heavy (non-hydrogen) atoms. The van der Waals surface area contributed by atoms with Gasteiger partial charge in [0.05, 0.1) is 44.5 Å². The van der Waals surface area contributed by atoms with Crippen LogP contribution in [-0.4, -0.2) is 56.1 Å². The normalized spacial score (nSPS) is 26.2. The van der Waals surface area contributed by atoms with Gasteiger partial charge in [-0.2, -0.15) is 0 Å². The first-order valence-corrected chi connectivity index (χ1v) is 19.1. The molecule has 1 saturated heterocycles. The molecule has 1 N–H and O–H groups in total. The van der Waals surface area contributed by atoms with Crippen LogP contribution in [0.2, 0.25) is 18.6 Å². The first kappa shape index (κ1) is 31.2. The monoisotopic (exact) mass is 728 g/mol. The number of halogens is 2. The Morgan fingerprint density at radius 2 is 1.84 bits per heavy atom. The zero-order valence-electron chi connectivity index (χ0n) is 25.4. The molecule has 3 heterocycles. The third-order valence-electron chi connectivity index (χ3n) is 9.68. The number of amides is 2. The van der Waals surface area contributed by atoms with Crippen LogP contribution in [0.3, 0.4) is 0 Å². The Kier molecular flexibility index (Phi) is 8.40. The van der Waals surface area contributed by atoms with Gasteiger partial charge in [-0.1, -0.05) is 43.3 Å². The number of anilines is 1. The van der Waals surface area contributed by atoms with Gasteiger partial charge in [0.2, 0.25) is 14.3 Å². The lowest BCUT2D eigenvalue weighted by Crippen LogP contribution is -2.48. The minimum absolute atomic E-state index is 0.0700. The molecule has 10 heteroatoms. The predicted octanol–water partition coefficient (Wildman–Crippen LogP) is 5.96. The molecule has 6 rings (SSSR count). The van der Waals surface area contributed by atoms with E-state index in [0.717, 1.165) is 20.3 Å². The molecule has 5 atom stereocenters. The highest BCUT2D eigenvalue weighted by molar-refractivity contribution is 14.1. The SMILES string of the molecule is COc1ccc2c(c1)[C@]1(O[C@@H](CC(=O)N3Cc4ccccc4C[C@H]3CO)[C@H]([Si](C)(C)F)[C@H]1C)C(=O)N2Cc1ccc(I)cc1. The molecule has 0 saturated carbocycles. The largest absolute Gasteiger partial charge is 0.497 e. The predicted molar refractivity (Wildman–Crippen MR) is 178 cm³/mol. The van der Waals surface area contributed by atoms with Gasteiger partial charge < -0.3 is 28.5 Å². The molecule has 0 bridgehead atoms. The second-order valence-corrected chi connectivity index (χ2v) is 17.7. The highest BCUT2D eigenvalue weighted by atomic mass is 127. The molecule has 0 unspecified atom stereocenters. The molecule has 1 fully saturated rings. The van der Waals surface area contributed by atoms with Crippen LogP contribution in [0.15, 0.2) is 66.7 Å². The van der Waals surface area contributed by atoms with E-state index in [9.17, 15) is 14.7 Å². The number of ether oxygens (including phenoxy) is 2. The molecule has 3 aromatic rings. The molecule has 1 spiro atoms. The van der Waals surface area contributed by atoms with Crippen molar-refractivity contribution < 1.29 is 28.3 Å². The average molecular weight is 729 g/mol. The fourth-order valence-corrected chi connectivity index (χ4v) is 10.5. The quantitative estimate of drug-likeness (QED) is 0.185. The number of carbonyl (C=O) groups is 2. The fourth-order valence-electron chi connectivity index (χ4n) is 7.61. The third kappa shape index (κ3) is 5.27. The fraction of sp³-hybridized carbons (Fsp3) is 0.412. The van der Waals surface area contributed by atoms with E-state index in [2.05, 4.69) is 22.6 Å². The van der Waals surface area contributed by atoms with Crippen LogP contribution in [0.5, 0.6) is 5.75 Å². The van der Waals surface area contributed by atoms with Crippen molar-refractivity contribution in [2.24, 2.45) is 5.92 Å². The molecule has 3 aliphatic heterocycles. The van der Waals surface area contributed by atoms with Gasteiger partial charge in [-0.15, -0.1) is 0 Å². The molecule has 7 nitrogen and oxygen atoms in total. The second-order valence-electron chi connectivity index (χ2n) is 12.7. The van der Waals surface area contributed by atoms with Gasteiger partial charge in [0.15, 0.2) is 5.60 Å². The highest BCUT2D eigenvalue weighted by Crippen LogP contribution is 2.60. The summed E-state index contributed by atoms with van der Waals surface area (Å²) in [7, 11) is -1.89. The number of nitrogens with zero attached hydrogens (tertiary/aromatic N) is 2. The number of methoxy groups -OCH3 is 1. The number of aliphatic hydroxyl groups is 1. The smallest absolute Gasteiger partial charge is 0.264 e. The molecule has 3 aromatic carbocycles. The van der Waals surface area contributed by atoms with Crippen molar-refractivity contribution in [3.63, 3.8) is 0 Å². The maximum absolute atomic E-state index is 16.3. The summed E-state index contributed by atoms with van der Waals surface area (Å²) < 4.78 is 29.8. The molecule has 0 aromatic heterocycles. The van der Waals surface area contributed by atoms with E-state index in [1.807, 2.05) is 73.7 Å². The topological polar surface area (TPSA) is 79.3 Å². The number of hydrogen-bond acceptors (Lipinski definition) is 5. The van der Waals surface area contributed by atoms with Gasteiger partial charge in [-0.25, -0.2) is 0 Å². The van der Waals surface area contributed by atoms with E-state index in [-0.39, 0.29) is 30.9 Å². The first-order valence-electron chi connectivity index (χ1n) is 15.1. The maximum atomic E-state index is 16.3. The summed E-state index contributed by atoms with van der Waals surface area (Å²) in [5.41, 5.74) is 2.41. The van der Waals surface area contributed by atoms with Crippen molar-refractivity contribution in [1.82, 2.24) is 4.90 Å². The number of aliphatic hydroxyl groups excluding tert-OH is 1. The summed E-state index contributed by atoms with van der Waals surface area (Å²) in [5, 5.41) is 10.2. The maximum Gasteiger partial charge on any atom is 0.264 e. The van der Waals surface area contributed by atoms with Gasteiger partial charge in [0.25, 0.3) is 5.91 Å². The van der Waals surface area contributed by atoms with Crippen molar-refractivity contribution in [3.05, 3.63) is 92.6 Å². The Hall–Kier alpha value is -2.80. The molecule has 2 amide bonds. The van der Waals surface area contributed by atoms with E-state index in [1.54, 1.807) is 30.0 Å². The van der Waals surface area contributed by atoms with E-state index in [4.69, 9.17) is 9.47 Å². The van der Waals surface area contributed by atoms with Crippen LogP contribution >= 0.6 is 22.6 Å². The number of hydrogen-bond donors (Lipinski definition) is 1. The highest BCUT2D eigenvalue weighted by Gasteiger charge is 2.67. The van der Waals surface area contributed by atoms with Crippen molar-refractivity contribution in [2.45, 2.75) is 69.2 Å². The minimum Gasteiger partial charge on any atom is -0.497 e. The van der Waals surface area contributed by atoms with Crippen LogP contribution in [0, 0.1) is 9.49 Å². The number of carbonyl (C=O) groups excluding carboxylic acids is 2. The van der Waals surface area contributed by atoms with Crippen LogP contribution in [-0.2, 0) is 39.4 Å². The van der Waals surface area contributed by atoms with E-state index in [1.165, 1.54) is 0 Å². The Morgan fingerprint density at radius 1 is 1.14 bits per heavy atom. The Bertz CT molecular complexity index is 1580. The minimum atomic E-state index is -3.47. The van der Waals surface area contributed by atoms with E-state index >= 15 is 4.11 Å². The van der Waals surface area contributed by atoms with Crippen LogP contribution < -0.4 is 9.64 Å². The second kappa shape index (κ2) is 11.8. The van der Waals surface area contributed by atoms with Crippen LogP contribution in [0.1, 0.15) is 35.6 Å². The molecule has 232 valence electrons. The van der Waals surface area contributed by atoms with Gasteiger partial charge in [-0.05, 0) is 89.1 Å². The van der Waals surface area contributed by atoms with Crippen molar-refractivity contribution in [1.29, 1.82) is 0 Å². The number of rotatable bonds is 7. The Balaban J connectivity index is 1.37. The summed E-state index contributed by atoms with van der Waals surface area (Å²) in [5.74, 6) is -0.399. The van der Waals surface area contributed by atoms with Crippen LogP contribution in [0.25, 0.3) is 0 Å². The molecule has 3 aliphatic rings. The Labute approximate surface area is 272 Å². The lowest BCUT2D eigenvalue weighted by molar-refractivity contribution is -0.151. The summed E-state index contributed by atoms with van der Waals surface area (Å²) in [6.07, 6.45) is -0.322. The standard InChI is InChI=1S/C34H38FIN2O5Si/c1-21-32(44(3,4)35)30(17-31(40)37-19-24-8-6-5-7-23(24)15-26(37)20-39)43-34(21)28-16-27(42-2)13-14-29(28)38(33(34)41)18-22-9-11-25(36)12-10-22/h5-14,16,21,26,30,32,39H,15,17-20H2,1-4H3/t21-,26+,30+,32-,34+/m1/s1. The molecular weight excluding hydrogens is 690 g/mol. The van der Waals surface area contributed by atoms with Gasteiger partial charge in [0, 0.05) is 27.1 Å². The average Bonchev–Trinajstić information content (AvgIpc) is 3.43. The molecular formula is C34H38FIN2O5Si. The van der Waals surface area contributed by atoms with Gasteiger partial charge in [-0.3, -0.25) is 9.59 Å². The van der Waals surface area contributed by atoms with Crippen molar-refractivity contribution in [3.8, 4) is 5.75 Å². The summed E-state index contributed by atoms with van der Waals surface area (Å²) >= 11 is 2.25.